The fraction of sp³-hybridized carbons (Fsp3) is 0. The topological polar surface area (TPSA) is 90.7 Å². The van der Waals surface area contributed by atoms with Crippen LogP contribution in [0.25, 0.3) is 5.57 Å². The van der Waals surface area contributed by atoms with Crippen molar-refractivity contribution in [3.05, 3.63) is 93.6 Å². The quantitative estimate of drug-likeness (QED) is 0.479. The maximum atomic E-state index is 10.9. The van der Waals surface area contributed by atoms with E-state index in [0.29, 0.717) is 11.1 Å². The van der Waals surface area contributed by atoms with Gasteiger partial charge >= 0.3 is 0 Å². The lowest BCUT2D eigenvalue weighted by Gasteiger charge is -2.04. The van der Waals surface area contributed by atoms with E-state index >= 15 is 0 Å². The zero-order valence-electron chi connectivity index (χ0n) is 12.0. The fourth-order valence-electron chi connectivity index (χ4n) is 2.01. The van der Waals surface area contributed by atoms with Crippen LogP contribution in [0.1, 0.15) is 5.56 Å². The molecule has 0 fully saturated rings. The summed E-state index contributed by atoms with van der Waals surface area (Å²) in [5, 5.41) is 29.3. The zero-order valence-corrected chi connectivity index (χ0v) is 12.0. The number of nitro groups is 1. The summed E-state index contributed by atoms with van der Waals surface area (Å²) in [6.45, 7) is 0. The lowest BCUT2D eigenvalue weighted by atomic mass is 9.97. The molecule has 0 amide bonds. The molecule has 0 spiro atoms. The van der Waals surface area contributed by atoms with Crippen molar-refractivity contribution >= 4 is 11.3 Å². The first-order valence-electron chi connectivity index (χ1n) is 6.68. The number of non-ortho nitro benzene ring substituents is 1. The third kappa shape index (κ3) is 3.90. The molecule has 5 heteroatoms. The molecule has 1 aromatic carbocycles. The Kier molecular flexibility index (Phi) is 5.01. The number of hydrogen-bond acceptors (Lipinski definition) is 4. The van der Waals surface area contributed by atoms with Gasteiger partial charge in [-0.2, -0.15) is 10.5 Å². The van der Waals surface area contributed by atoms with Crippen molar-refractivity contribution in [2.45, 2.75) is 0 Å². The van der Waals surface area contributed by atoms with Gasteiger partial charge in [-0.05, 0) is 17.2 Å². The van der Waals surface area contributed by atoms with Crippen LogP contribution in [0, 0.1) is 32.8 Å². The molecule has 0 atom stereocenters. The van der Waals surface area contributed by atoms with Crippen molar-refractivity contribution in [1.82, 2.24) is 0 Å². The monoisotopic (exact) mass is 301 g/mol. The van der Waals surface area contributed by atoms with Gasteiger partial charge in [-0.25, -0.2) is 0 Å². The van der Waals surface area contributed by atoms with Gasteiger partial charge in [-0.3, -0.25) is 10.1 Å². The molecular weight excluding hydrogens is 290 g/mol. The molecule has 0 aliphatic heterocycles. The highest BCUT2D eigenvalue weighted by molar-refractivity contribution is 5.84. The Balaban J connectivity index is 2.62. The van der Waals surface area contributed by atoms with Crippen LogP contribution in [0.3, 0.4) is 0 Å². The molecule has 0 saturated carbocycles. The Morgan fingerprint density at radius 3 is 2.30 bits per heavy atom. The molecule has 0 N–H and O–H groups in total. The molecule has 0 heterocycles. The smallest absolute Gasteiger partial charge is 0.258 e. The molecular formula is C18H11N3O2. The molecule has 5 nitrogen and oxygen atoms in total. The minimum absolute atomic E-state index is 0.0951. The molecule has 1 aromatic rings. The molecule has 2 rings (SSSR count). The van der Waals surface area contributed by atoms with E-state index in [4.69, 9.17) is 0 Å². The zero-order chi connectivity index (χ0) is 16.7. The van der Waals surface area contributed by atoms with E-state index in [2.05, 4.69) is 0 Å². The Hall–Kier alpha value is -3.70. The van der Waals surface area contributed by atoms with Gasteiger partial charge in [0, 0.05) is 17.7 Å². The van der Waals surface area contributed by atoms with Gasteiger partial charge in [-0.1, -0.05) is 48.6 Å². The van der Waals surface area contributed by atoms with E-state index in [-0.39, 0.29) is 11.3 Å². The first-order chi connectivity index (χ1) is 11.2. The minimum Gasteiger partial charge on any atom is -0.258 e. The minimum atomic E-state index is -0.512. The highest BCUT2D eigenvalue weighted by Crippen LogP contribution is 2.26. The SMILES string of the molecule is N#CC(C#N)=C(C=C1C=CC=CC=C1)c1cccc([N+](=O)[O-])c1. The van der Waals surface area contributed by atoms with Crippen molar-refractivity contribution in [2.75, 3.05) is 0 Å². The average Bonchev–Trinajstić information content (AvgIpc) is 2.84. The van der Waals surface area contributed by atoms with Gasteiger partial charge in [0.05, 0.1) is 4.92 Å². The van der Waals surface area contributed by atoms with E-state index in [1.165, 1.54) is 18.2 Å². The molecule has 1 aliphatic carbocycles. The van der Waals surface area contributed by atoms with Crippen molar-refractivity contribution < 1.29 is 4.92 Å². The third-order valence-electron chi connectivity index (χ3n) is 3.08. The molecule has 23 heavy (non-hydrogen) atoms. The Bertz CT molecular complexity index is 838. The molecule has 0 radical (unpaired) electrons. The molecule has 110 valence electrons. The second-order valence-corrected chi connectivity index (χ2v) is 4.57. The highest BCUT2D eigenvalue weighted by atomic mass is 16.6. The lowest BCUT2D eigenvalue weighted by molar-refractivity contribution is -0.384. The fourth-order valence-corrected chi connectivity index (χ4v) is 2.01. The molecule has 0 aromatic heterocycles. The van der Waals surface area contributed by atoms with E-state index < -0.39 is 4.92 Å². The van der Waals surface area contributed by atoms with E-state index in [1.807, 2.05) is 48.6 Å². The van der Waals surface area contributed by atoms with Crippen LogP contribution >= 0.6 is 0 Å². The maximum Gasteiger partial charge on any atom is 0.270 e. The second kappa shape index (κ2) is 7.35. The lowest BCUT2D eigenvalue weighted by Crippen LogP contribution is -1.92. The van der Waals surface area contributed by atoms with Crippen molar-refractivity contribution in [3.8, 4) is 12.1 Å². The summed E-state index contributed by atoms with van der Waals surface area (Å²) in [5.41, 5.74) is 1.38. The van der Waals surface area contributed by atoms with Crippen molar-refractivity contribution in [1.29, 1.82) is 10.5 Å². The van der Waals surface area contributed by atoms with E-state index in [0.717, 1.165) is 5.57 Å². The van der Waals surface area contributed by atoms with Gasteiger partial charge in [0.15, 0.2) is 0 Å². The van der Waals surface area contributed by atoms with Crippen molar-refractivity contribution in [3.63, 3.8) is 0 Å². The average molecular weight is 301 g/mol. The molecule has 1 aliphatic rings. The van der Waals surface area contributed by atoms with Crippen LogP contribution in [0.15, 0.2) is 77.9 Å². The number of allylic oxidation sites excluding steroid dienone is 10. The van der Waals surface area contributed by atoms with Crippen LogP contribution in [0.2, 0.25) is 0 Å². The molecule has 0 bridgehead atoms. The van der Waals surface area contributed by atoms with Gasteiger partial charge in [-0.15, -0.1) is 0 Å². The number of nitriles is 2. The summed E-state index contributed by atoms with van der Waals surface area (Å²) in [7, 11) is 0. The van der Waals surface area contributed by atoms with Crippen molar-refractivity contribution in [2.24, 2.45) is 0 Å². The Morgan fingerprint density at radius 2 is 1.74 bits per heavy atom. The summed E-state index contributed by atoms with van der Waals surface area (Å²) in [4.78, 5) is 10.4. The van der Waals surface area contributed by atoms with Gasteiger partial charge < -0.3 is 0 Å². The van der Waals surface area contributed by atoms with Gasteiger partial charge in [0.25, 0.3) is 5.69 Å². The van der Waals surface area contributed by atoms with Crippen LogP contribution in [-0.4, -0.2) is 4.92 Å². The summed E-state index contributed by atoms with van der Waals surface area (Å²) in [6.07, 6.45) is 12.7. The predicted molar refractivity (Wildman–Crippen MR) is 86.7 cm³/mol. The first-order valence-corrected chi connectivity index (χ1v) is 6.68. The van der Waals surface area contributed by atoms with E-state index in [1.54, 1.807) is 12.1 Å². The number of nitro benzene ring substituents is 1. The second-order valence-electron chi connectivity index (χ2n) is 4.57. The Morgan fingerprint density at radius 1 is 1.09 bits per heavy atom. The number of nitrogens with zero attached hydrogens (tertiary/aromatic N) is 3. The standard InChI is InChI=1S/C18H11N3O2/c19-12-16(13-20)18(10-14-6-3-1-2-4-7-14)15-8-5-9-17(11-15)21(22)23/h1-11H. The molecule has 0 saturated heterocycles. The normalized spacial score (nSPS) is 12.0. The number of hydrogen-bond donors (Lipinski definition) is 0. The Labute approximate surface area is 133 Å². The van der Waals surface area contributed by atoms with Gasteiger partial charge in [0.2, 0.25) is 0 Å². The molecule has 0 unspecified atom stereocenters. The third-order valence-corrected chi connectivity index (χ3v) is 3.08. The summed E-state index contributed by atoms with van der Waals surface area (Å²) in [5.74, 6) is 0. The van der Waals surface area contributed by atoms with Gasteiger partial charge in [0.1, 0.15) is 17.7 Å². The maximum absolute atomic E-state index is 10.9. The largest absolute Gasteiger partial charge is 0.270 e. The van der Waals surface area contributed by atoms with Crippen LogP contribution in [0.5, 0.6) is 0 Å². The van der Waals surface area contributed by atoms with Crippen LogP contribution in [-0.2, 0) is 0 Å². The number of benzene rings is 1. The number of rotatable bonds is 3. The summed E-state index contributed by atoms with van der Waals surface area (Å²) in [6, 6.07) is 9.56. The summed E-state index contributed by atoms with van der Waals surface area (Å²) < 4.78 is 0. The van der Waals surface area contributed by atoms with Crippen LogP contribution in [0.4, 0.5) is 5.69 Å². The predicted octanol–water partition coefficient (Wildman–Crippen LogP) is 4.00. The van der Waals surface area contributed by atoms with Crippen LogP contribution < -0.4 is 0 Å². The highest BCUT2D eigenvalue weighted by Gasteiger charge is 2.12. The van der Waals surface area contributed by atoms with E-state index in [9.17, 15) is 20.6 Å². The summed E-state index contributed by atoms with van der Waals surface area (Å²) >= 11 is 0. The first kappa shape index (κ1) is 15.7.